The molecule has 2 aliphatic rings. The number of rotatable bonds is 3. The maximum atomic E-state index is 12.4. The largest absolute Gasteiger partial charge is 0.444 e. The Morgan fingerprint density at radius 2 is 2.04 bits per heavy atom. The monoisotopic (exact) mass is 326 g/mol. The molecule has 1 saturated carbocycles. The lowest BCUT2D eigenvalue weighted by molar-refractivity contribution is -0.0328. The topological polar surface area (TPSA) is 50.8 Å². The number of ether oxygens (including phenoxy) is 2. The third kappa shape index (κ3) is 5.64. The second-order valence-corrected chi connectivity index (χ2v) is 8.31. The van der Waals surface area contributed by atoms with Crippen molar-refractivity contribution in [2.24, 2.45) is 11.8 Å². The van der Waals surface area contributed by atoms with E-state index >= 15 is 0 Å². The van der Waals surface area contributed by atoms with E-state index in [1.165, 1.54) is 19.3 Å². The lowest BCUT2D eigenvalue weighted by Crippen LogP contribution is -2.55. The number of nitrogens with one attached hydrogen (secondary N) is 1. The first kappa shape index (κ1) is 18.5. The van der Waals surface area contributed by atoms with Crippen LogP contribution in [-0.2, 0) is 9.47 Å². The molecule has 0 radical (unpaired) electrons. The van der Waals surface area contributed by atoms with Crippen LogP contribution in [-0.4, -0.2) is 55.0 Å². The number of carbonyl (C=O) groups is 1. The Hall–Kier alpha value is -0.810. The molecule has 1 aliphatic heterocycles. The molecule has 2 rings (SSSR count). The molecule has 0 aromatic rings. The van der Waals surface area contributed by atoms with Crippen molar-refractivity contribution in [3.63, 3.8) is 0 Å². The van der Waals surface area contributed by atoms with Gasteiger partial charge in [-0.15, -0.1) is 0 Å². The van der Waals surface area contributed by atoms with Crippen molar-refractivity contribution in [3.8, 4) is 0 Å². The summed E-state index contributed by atoms with van der Waals surface area (Å²) >= 11 is 0. The highest BCUT2D eigenvalue weighted by molar-refractivity contribution is 5.68. The average molecular weight is 326 g/mol. The molecule has 0 aromatic heterocycles. The molecule has 1 aliphatic carbocycles. The second-order valence-electron chi connectivity index (χ2n) is 8.31. The van der Waals surface area contributed by atoms with Crippen molar-refractivity contribution in [1.82, 2.24) is 10.2 Å². The van der Waals surface area contributed by atoms with E-state index < -0.39 is 5.60 Å². The SMILES string of the molecule is CC1CCC(NCC2COCCN2C(=O)OC(C)(C)C)C(C)C1. The zero-order chi connectivity index (χ0) is 17.0. The highest BCUT2D eigenvalue weighted by atomic mass is 16.6. The highest BCUT2D eigenvalue weighted by Crippen LogP contribution is 2.28. The summed E-state index contributed by atoms with van der Waals surface area (Å²) in [5, 5.41) is 3.68. The van der Waals surface area contributed by atoms with E-state index in [9.17, 15) is 4.79 Å². The summed E-state index contributed by atoms with van der Waals surface area (Å²) in [7, 11) is 0. The van der Waals surface area contributed by atoms with Gasteiger partial charge in [0.1, 0.15) is 5.60 Å². The fourth-order valence-corrected chi connectivity index (χ4v) is 3.64. The molecule has 5 nitrogen and oxygen atoms in total. The molecule has 1 amide bonds. The lowest BCUT2D eigenvalue weighted by atomic mass is 9.80. The summed E-state index contributed by atoms with van der Waals surface area (Å²) in [6.07, 6.45) is 3.58. The molecule has 4 atom stereocenters. The van der Waals surface area contributed by atoms with Crippen LogP contribution in [0.3, 0.4) is 0 Å². The summed E-state index contributed by atoms with van der Waals surface area (Å²) < 4.78 is 11.1. The predicted molar refractivity (Wildman–Crippen MR) is 91.5 cm³/mol. The number of hydrogen-bond donors (Lipinski definition) is 1. The average Bonchev–Trinajstić information content (AvgIpc) is 2.45. The van der Waals surface area contributed by atoms with Crippen molar-refractivity contribution in [3.05, 3.63) is 0 Å². The highest BCUT2D eigenvalue weighted by Gasteiger charge is 2.32. The van der Waals surface area contributed by atoms with E-state index in [2.05, 4.69) is 19.2 Å². The molecule has 0 bridgehead atoms. The van der Waals surface area contributed by atoms with Gasteiger partial charge < -0.3 is 14.8 Å². The van der Waals surface area contributed by atoms with Gasteiger partial charge in [0.15, 0.2) is 0 Å². The van der Waals surface area contributed by atoms with Crippen molar-refractivity contribution in [2.45, 2.75) is 71.6 Å². The minimum Gasteiger partial charge on any atom is -0.444 e. The Bertz CT molecular complexity index is 394. The van der Waals surface area contributed by atoms with Gasteiger partial charge in [-0.1, -0.05) is 13.8 Å². The first-order chi connectivity index (χ1) is 10.8. The van der Waals surface area contributed by atoms with E-state index in [0.29, 0.717) is 31.7 Å². The summed E-state index contributed by atoms with van der Waals surface area (Å²) in [6, 6.07) is 0.610. The normalized spacial score (nSPS) is 32.7. The molecule has 0 spiro atoms. The van der Waals surface area contributed by atoms with E-state index in [4.69, 9.17) is 9.47 Å². The molecule has 134 valence electrons. The van der Waals surface area contributed by atoms with Gasteiger partial charge in [0.2, 0.25) is 0 Å². The Labute approximate surface area is 141 Å². The molecule has 1 N–H and O–H groups in total. The first-order valence-corrected chi connectivity index (χ1v) is 9.07. The lowest BCUT2D eigenvalue weighted by Gasteiger charge is -2.39. The van der Waals surface area contributed by atoms with Crippen LogP contribution >= 0.6 is 0 Å². The van der Waals surface area contributed by atoms with E-state index in [-0.39, 0.29) is 12.1 Å². The Morgan fingerprint density at radius 3 is 2.70 bits per heavy atom. The molecule has 5 heteroatoms. The number of nitrogens with zero attached hydrogens (tertiary/aromatic N) is 1. The summed E-state index contributed by atoms with van der Waals surface area (Å²) in [5.74, 6) is 1.53. The predicted octanol–water partition coefficient (Wildman–Crippen LogP) is 3.04. The number of amides is 1. The van der Waals surface area contributed by atoms with Crippen molar-refractivity contribution < 1.29 is 14.3 Å². The fourth-order valence-electron chi connectivity index (χ4n) is 3.64. The Balaban J connectivity index is 1.87. The van der Waals surface area contributed by atoms with Gasteiger partial charge in [0.05, 0.1) is 19.3 Å². The maximum absolute atomic E-state index is 12.4. The number of hydrogen-bond acceptors (Lipinski definition) is 4. The van der Waals surface area contributed by atoms with Gasteiger partial charge in [0.25, 0.3) is 0 Å². The van der Waals surface area contributed by atoms with Crippen LogP contribution in [0.15, 0.2) is 0 Å². The minimum atomic E-state index is -0.457. The smallest absolute Gasteiger partial charge is 0.410 e. The van der Waals surface area contributed by atoms with Crippen molar-refractivity contribution >= 4 is 6.09 Å². The van der Waals surface area contributed by atoms with Crippen molar-refractivity contribution in [2.75, 3.05) is 26.3 Å². The fraction of sp³-hybridized carbons (Fsp3) is 0.944. The van der Waals surface area contributed by atoms with Crippen LogP contribution in [0, 0.1) is 11.8 Å². The molecule has 0 aromatic carbocycles. The van der Waals surface area contributed by atoms with Crippen LogP contribution in [0.5, 0.6) is 0 Å². The first-order valence-electron chi connectivity index (χ1n) is 9.07. The quantitative estimate of drug-likeness (QED) is 0.866. The Morgan fingerprint density at radius 1 is 1.30 bits per heavy atom. The minimum absolute atomic E-state index is 0.0603. The van der Waals surface area contributed by atoms with Gasteiger partial charge in [-0.2, -0.15) is 0 Å². The third-order valence-corrected chi connectivity index (χ3v) is 4.90. The molecule has 4 unspecified atom stereocenters. The molecular formula is C18H34N2O3. The number of morpholine rings is 1. The molecular weight excluding hydrogens is 292 g/mol. The standard InChI is InChI=1S/C18H34N2O3/c1-13-6-7-16(14(2)10-13)19-11-15-12-22-9-8-20(15)17(21)23-18(3,4)5/h13-16,19H,6-12H2,1-5H3. The molecule has 23 heavy (non-hydrogen) atoms. The van der Waals surface area contributed by atoms with Crippen LogP contribution < -0.4 is 5.32 Å². The van der Waals surface area contributed by atoms with Gasteiger partial charge >= 0.3 is 6.09 Å². The summed E-state index contributed by atoms with van der Waals surface area (Å²) in [6.45, 7) is 13.0. The van der Waals surface area contributed by atoms with Gasteiger partial charge in [-0.25, -0.2) is 4.79 Å². The van der Waals surface area contributed by atoms with E-state index in [0.717, 1.165) is 12.5 Å². The zero-order valence-corrected chi connectivity index (χ0v) is 15.4. The summed E-state index contributed by atoms with van der Waals surface area (Å²) in [4.78, 5) is 14.2. The van der Waals surface area contributed by atoms with E-state index in [1.807, 2.05) is 25.7 Å². The van der Waals surface area contributed by atoms with Crippen LogP contribution in [0.1, 0.15) is 53.9 Å². The van der Waals surface area contributed by atoms with Crippen LogP contribution in [0.4, 0.5) is 4.79 Å². The van der Waals surface area contributed by atoms with Crippen LogP contribution in [0.25, 0.3) is 0 Å². The second kappa shape index (κ2) is 7.84. The Kier molecular flexibility index (Phi) is 6.32. The van der Waals surface area contributed by atoms with E-state index in [1.54, 1.807) is 0 Å². The molecule has 1 heterocycles. The van der Waals surface area contributed by atoms with Gasteiger partial charge in [0, 0.05) is 19.1 Å². The zero-order valence-electron chi connectivity index (χ0n) is 15.4. The maximum Gasteiger partial charge on any atom is 0.410 e. The number of carbonyl (C=O) groups excluding carboxylic acids is 1. The summed E-state index contributed by atoms with van der Waals surface area (Å²) in [5.41, 5.74) is -0.457. The van der Waals surface area contributed by atoms with Crippen LogP contribution in [0.2, 0.25) is 0 Å². The van der Waals surface area contributed by atoms with Crippen molar-refractivity contribution in [1.29, 1.82) is 0 Å². The third-order valence-electron chi connectivity index (χ3n) is 4.90. The molecule has 2 fully saturated rings. The van der Waals surface area contributed by atoms with Gasteiger partial charge in [-0.3, -0.25) is 4.90 Å². The molecule has 1 saturated heterocycles. The van der Waals surface area contributed by atoms with Gasteiger partial charge in [-0.05, 0) is 51.9 Å².